The Balaban J connectivity index is 2.16. The molecule has 1 aromatic rings. The molecule has 0 atom stereocenters. The predicted molar refractivity (Wildman–Crippen MR) is 60.0 cm³/mol. The van der Waals surface area contributed by atoms with E-state index in [9.17, 15) is 5.11 Å². The highest BCUT2D eigenvalue weighted by Crippen LogP contribution is 2.39. The van der Waals surface area contributed by atoms with Crippen LogP contribution in [0.15, 0.2) is 6.07 Å². The lowest BCUT2D eigenvalue weighted by Gasteiger charge is -2.26. The summed E-state index contributed by atoms with van der Waals surface area (Å²) in [6.07, 6.45) is 4.09. The molecule has 2 aliphatic rings. The van der Waals surface area contributed by atoms with Crippen molar-refractivity contribution < 1.29 is 14.6 Å². The maximum atomic E-state index is 9.51. The second-order valence-electron chi connectivity index (χ2n) is 4.38. The number of rotatable bonds is 1. The van der Waals surface area contributed by atoms with Gasteiger partial charge in [0.1, 0.15) is 11.5 Å². The molecule has 0 radical (unpaired) electrons. The van der Waals surface area contributed by atoms with Crippen LogP contribution in [0.25, 0.3) is 0 Å². The maximum absolute atomic E-state index is 9.51. The van der Waals surface area contributed by atoms with E-state index in [1.165, 1.54) is 5.56 Å². The lowest BCUT2D eigenvalue weighted by atomic mass is 9.93. The standard InChI is InChI=1S/C13H16O3/c14-8-11-10-4-2-5-15-12(10)7-9-3-1-6-16-13(9)11/h7,14H,1-6,8H2. The van der Waals surface area contributed by atoms with Crippen LogP contribution in [0.1, 0.15) is 29.5 Å². The van der Waals surface area contributed by atoms with E-state index < -0.39 is 0 Å². The monoisotopic (exact) mass is 220 g/mol. The van der Waals surface area contributed by atoms with Gasteiger partial charge in [-0.05, 0) is 37.3 Å². The number of hydrogen-bond donors (Lipinski definition) is 1. The van der Waals surface area contributed by atoms with Gasteiger partial charge < -0.3 is 14.6 Å². The third-order valence-corrected chi connectivity index (χ3v) is 3.36. The van der Waals surface area contributed by atoms with Crippen molar-refractivity contribution in [3.63, 3.8) is 0 Å². The van der Waals surface area contributed by atoms with Crippen LogP contribution >= 0.6 is 0 Å². The SMILES string of the molecule is OCc1c2c(cc3c1OCCC3)OCCC2. The molecule has 0 aliphatic carbocycles. The average Bonchev–Trinajstić information content (AvgIpc) is 2.36. The first-order valence-electron chi connectivity index (χ1n) is 5.94. The first-order valence-corrected chi connectivity index (χ1v) is 5.94. The minimum atomic E-state index is 0.0505. The molecule has 1 aromatic carbocycles. The molecular weight excluding hydrogens is 204 g/mol. The highest BCUT2D eigenvalue weighted by Gasteiger charge is 2.23. The van der Waals surface area contributed by atoms with Crippen LogP contribution in [-0.2, 0) is 19.4 Å². The van der Waals surface area contributed by atoms with Gasteiger partial charge in [0.25, 0.3) is 0 Å². The molecule has 0 saturated carbocycles. The minimum Gasteiger partial charge on any atom is -0.493 e. The van der Waals surface area contributed by atoms with E-state index >= 15 is 0 Å². The number of fused-ring (bicyclic) bond motifs is 2. The summed E-state index contributed by atoms with van der Waals surface area (Å²) in [5, 5.41) is 9.51. The van der Waals surface area contributed by atoms with Crippen molar-refractivity contribution >= 4 is 0 Å². The quantitative estimate of drug-likeness (QED) is 0.784. The van der Waals surface area contributed by atoms with Gasteiger partial charge in [0.15, 0.2) is 0 Å². The van der Waals surface area contributed by atoms with Crippen molar-refractivity contribution in [3.05, 3.63) is 22.8 Å². The van der Waals surface area contributed by atoms with Crippen LogP contribution in [0.2, 0.25) is 0 Å². The van der Waals surface area contributed by atoms with E-state index in [4.69, 9.17) is 9.47 Å². The maximum Gasteiger partial charge on any atom is 0.128 e. The number of hydrogen-bond acceptors (Lipinski definition) is 3. The summed E-state index contributed by atoms with van der Waals surface area (Å²) in [5.74, 6) is 1.87. The fourth-order valence-electron chi connectivity index (χ4n) is 2.59. The van der Waals surface area contributed by atoms with Crippen molar-refractivity contribution in [1.29, 1.82) is 0 Å². The molecule has 3 heteroatoms. The molecule has 3 rings (SSSR count). The Morgan fingerprint density at radius 3 is 2.81 bits per heavy atom. The molecule has 0 unspecified atom stereocenters. The molecule has 0 bridgehead atoms. The molecule has 0 spiro atoms. The summed E-state index contributed by atoms with van der Waals surface area (Å²) in [7, 11) is 0. The summed E-state index contributed by atoms with van der Waals surface area (Å²) in [6.45, 7) is 1.60. The van der Waals surface area contributed by atoms with Gasteiger partial charge in [-0.2, -0.15) is 0 Å². The van der Waals surface area contributed by atoms with Gasteiger partial charge in [-0.1, -0.05) is 0 Å². The Morgan fingerprint density at radius 1 is 1.12 bits per heavy atom. The Bertz CT molecular complexity index is 378. The number of benzene rings is 1. The van der Waals surface area contributed by atoms with Crippen LogP contribution in [0.5, 0.6) is 11.5 Å². The second kappa shape index (κ2) is 3.98. The van der Waals surface area contributed by atoms with Crippen LogP contribution in [0.3, 0.4) is 0 Å². The lowest BCUT2D eigenvalue weighted by Crippen LogP contribution is -2.16. The molecule has 86 valence electrons. The van der Waals surface area contributed by atoms with Crippen molar-refractivity contribution in [2.24, 2.45) is 0 Å². The molecule has 1 N–H and O–H groups in total. The van der Waals surface area contributed by atoms with Gasteiger partial charge in [0, 0.05) is 11.1 Å². The fourth-order valence-corrected chi connectivity index (χ4v) is 2.59. The van der Waals surface area contributed by atoms with Crippen LogP contribution in [-0.4, -0.2) is 18.3 Å². The van der Waals surface area contributed by atoms with Crippen molar-refractivity contribution in [2.45, 2.75) is 32.3 Å². The smallest absolute Gasteiger partial charge is 0.128 e. The lowest BCUT2D eigenvalue weighted by molar-refractivity contribution is 0.240. The van der Waals surface area contributed by atoms with E-state index in [0.29, 0.717) is 0 Å². The second-order valence-corrected chi connectivity index (χ2v) is 4.38. The van der Waals surface area contributed by atoms with Crippen molar-refractivity contribution in [3.8, 4) is 11.5 Å². The van der Waals surface area contributed by atoms with Crippen LogP contribution in [0.4, 0.5) is 0 Å². The van der Waals surface area contributed by atoms with Gasteiger partial charge in [-0.3, -0.25) is 0 Å². The van der Waals surface area contributed by atoms with Gasteiger partial charge in [-0.25, -0.2) is 0 Å². The van der Waals surface area contributed by atoms with E-state index in [-0.39, 0.29) is 6.61 Å². The van der Waals surface area contributed by atoms with Gasteiger partial charge in [-0.15, -0.1) is 0 Å². The normalized spacial score (nSPS) is 18.1. The van der Waals surface area contributed by atoms with Crippen LogP contribution < -0.4 is 9.47 Å². The van der Waals surface area contributed by atoms with E-state index in [1.54, 1.807) is 0 Å². The molecule has 16 heavy (non-hydrogen) atoms. The molecule has 0 aromatic heterocycles. The van der Waals surface area contributed by atoms with E-state index in [2.05, 4.69) is 6.07 Å². The predicted octanol–water partition coefficient (Wildman–Crippen LogP) is 1.83. The highest BCUT2D eigenvalue weighted by molar-refractivity contribution is 5.54. The van der Waals surface area contributed by atoms with Gasteiger partial charge in [0.05, 0.1) is 19.8 Å². The van der Waals surface area contributed by atoms with E-state index in [0.717, 1.165) is 61.5 Å². The minimum absolute atomic E-state index is 0.0505. The molecule has 2 heterocycles. The summed E-state index contributed by atoms with van der Waals surface area (Å²) in [5.41, 5.74) is 3.29. The van der Waals surface area contributed by atoms with E-state index in [1.807, 2.05) is 0 Å². The zero-order valence-electron chi connectivity index (χ0n) is 9.29. The van der Waals surface area contributed by atoms with Crippen molar-refractivity contribution in [2.75, 3.05) is 13.2 Å². The molecule has 0 fully saturated rings. The Labute approximate surface area is 95.0 Å². The number of ether oxygens (including phenoxy) is 2. The summed E-state index contributed by atoms with van der Waals surface area (Å²) >= 11 is 0. The fraction of sp³-hybridized carbons (Fsp3) is 0.538. The summed E-state index contributed by atoms with van der Waals surface area (Å²) in [4.78, 5) is 0. The molecule has 0 saturated heterocycles. The molecule has 3 nitrogen and oxygen atoms in total. The number of aliphatic hydroxyl groups excluding tert-OH is 1. The van der Waals surface area contributed by atoms with Gasteiger partial charge in [0.2, 0.25) is 0 Å². The number of aryl methyl sites for hydroxylation is 1. The number of aliphatic hydroxyl groups is 1. The Morgan fingerprint density at radius 2 is 1.94 bits per heavy atom. The Hall–Kier alpha value is -1.22. The van der Waals surface area contributed by atoms with Crippen LogP contribution in [0, 0.1) is 0 Å². The average molecular weight is 220 g/mol. The molecule has 2 aliphatic heterocycles. The third kappa shape index (κ3) is 1.47. The van der Waals surface area contributed by atoms with Gasteiger partial charge >= 0.3 is 0 Å². The third-order valence-electron chi connectivity index (χ3n) is 3.36. The molecule has 0 amide bonds. The first kappa shape index (κ1) is 9.97. The highest BCUT2D eigenvalue weighted by atomic mass is 16.5. The summed E-state index contributed by atoms with van der Waals surface area (Å²) in [6, 6.07) is 2.10. The zero-order valence-corrected chi connectivity index (χ0v) is 9.29. The zero-order chi connectivity index (χ0) is 11.0. The van der Waals surface area contributed by atoms with Crippen molar-refractivity contribution in [1.82, 2.24) is 0 Å². The Kier molecular flexibility index (Phi) is 2.48. The summed E-state index contributed by atoms with van der Waals surface area (Å²) < 4.78 is 11.4. The first-order chi connectivity index (χ1) is 7.90. The largest absolute Gasteiger partial charge is 0.493 e. The molecular formula is C13H16O3. The topological polar surface area (TPSA) is 38.7 Å².